The van der Waals surface area contributed by atoms with Gasteiger partial charge in [0.05, 0.1) is 6.67 Å². The third kappa shape index (κ3) is 8.77. The number of hydrazone groups is 1. The number of nitrogens with one attached hydrogen (secondary N) is 1. The van der Waals surface area contributed by atoms with Gasteiger partial charge in [0.1, 0.15) is 0 Å². The predicted molar refractivity (Wildman–Crippen MR) is 51.7 cm³/mol. The number of hydrogen-bond donors (Lipinski definition) is 4. The van der Waals surface area contributed by atoms with Gasteiger partial charge >= 0.3 is 0 Å². The molecule has 76 valence electrons. The van der Waals surface area contributed by atoms with Gasteiger partial charge in [0.25, 0.3) is 0 Å². The summed E-state index contributed by atoms with van der Waals surface area (Å²) < 4.78 is 0. The van der Waals surface area contributed by atoms with Gasteiger partial charge in [-0.15, -0.1) is 0 Å². The Kier molecular flexibility index (Phi) is 6.85. The van der Waals surface area contributed by atoms with Crippen molar-refractivity contribution >= 4 is 12.1 Å². The molecular weight excluding hydrogens is 170 g/mol. The molecule has 0 bridgehead atoms. The molecule has 0 aromatic carbocycles. The molecule has 0 aliphatic heterocycles. The van der Waals surface area contributed by atoms with Crippen molar-refractivity contribution in [1.82, 2.24) is 5.43 Å². The van der Waals surface area contributed by atoms with Gasteiger partial charge in [-0.25, -0.2) is 0 Å². The second-order valence-corrected chi connectivity index (χ2v) is 2.66. The standard InChI is InChI=1S/C7H17N5O/c8-5-12-11-4-6(9)2-1-3-7(10)13/h4,6,12H,1-3,5,8-9H2,(H2,10,13)/b11-4+. The highest BCUT2D eigenvalue weighted by Gasteiger charge is 1.99. The van der Waals surface area contributed by atoms with E-state index in [-0.39, 0.29) is 18.6 Å². The third-order valence-electron chi connectivity index (χ3n) is 1.41. The minimum Gasteiger partial charge on any atom is -0.370 e. The molecule has 1 atom stereocenters. The largest absolute Gasteiger partial charge is 0.370 e. The van der Waals surface area contributed by atoms with Crippen LogP contribution < -0.4 is 22.6 Å². The fourth-order valence-electron chi connectivity index (χ4n) is 0.788. The van der Waals surface area contributed by atoms with Crippen molar-refractivity contribution in [2.75, 3.05) is 6.67 Å². The van der Waals surface area contributed by atoms with E-state index in [2.05, 4.69) is 10.5 Å². The van der Waals surface area contributed by atoms with E-state index < -0.39 is 0 Å². The Balaban J connectivity index is 3.39. The molecule has 0 heterocycles. The second-order valence-electron chi connectivity index (χ2n) is 2.66. The zero-order valence-electron chi connectivity index (χ0n) is 7.57. The molecule has 7 N–H and O–H groups in total. The van der Waals surface area contributed by atoms with E-state index in [4.69, 9.17) is 17.2 Å². The average Bonchev–Trinajstić information content (AvgIpc) is 2.04. The SMILES string of the molecule is NCN/N=C/C(N)CCCC(N)=O. The Hall–Kier alpha value is -1.14. The Morgan fingerprint density at radius 2 is 2.31 bits per heavy atom. The molecular formula is C7H17N5O. The minimum atomic E-state index is -0.302. The maximum atomic E-state index is 10.4. The molecule has 0 aliphatic carbocycles. The van der Waals surface area contributed by atoms with Crippen LogP contribution in [0.4, 0.5) is 0 Å². The Morgan fingerprint density at radius 1 is 1.62 bits per heavy atom. The summed E-state index contributed by atoms with van der Waals surface area (Å²) in [5.74, 6) is -0.302. The van der Waals surface area contributed by atoms with Gasteiger partial charge in [0, 0.05) is 18.7 Å². The molecule has 0 aromatic heterocycles. The summed E-state index contributed by atoms with van der Waals surface area (Å²) in [6, 6.07) is -0.154. The lowest BCUT2D eigenvalue weighted by Gasteiger charge is -2.03. The van der Waals surface area contributed by atoms with Gasteiger partial charge in [0.2, 0.25) is 5.91 Å². The number of carbonyl (C=O) groups is 1. The van der Waals surface area contributed by atoms with Crippen molar-refractivity contribution in [3.05, 3.63) is 0 Å². The average molecular weight is 187 g/mol. The summed E-state index contributed by atoms with van der Waals surface area (Å²) >= 11 is 0. The summed E-state index contributed by atoms with van der Waals surface area (Å²) in [4.78, 5) is 10.4. The summed E-state index contributed by atoms with van der Waals surface area (Å²) in [5, 5.41) is 3.75. The van der Waals surface area contributed by atoms with Crippen LogP contribution in [0, 0.1) is 0 Å². The van der Waals surface area contributed by atoms with E-state index in [1.165, 1.54) is 0 Å². The lowest BCUT2D eigenvalue weighted by atomic mass is 10.1. The molecule has 13 heavy (non-hydrogen) atoms. The van der Waals surface area contributed by atoms with Crippen molar-refractivity contribution in [3.8, 4) is 0 Å². The Morgan fingerprint density at radius 3 is 2.85 bits per heavy atom. The van der Waals surface area contributed by atoms with E-state index in [0.717, 1.165) is 0 Å². The highest BCUT2D eigenvalue weighted by atomic mass is 16.1. The topological polar surface area (TPSA) is 120 Å². The van der Waals surface area contributed by atoms with Crippen molar-refractivity contribution in [2.45, 2.75) is 25.3 Å². The van der Waals surface area contributed by atoms with Crippen LogP contribution >= 0.6 is 0 Å². The fraction of sp³-hybridized carbons (Fsp3) is 0.714. The third-order valence-corrected chi connectivity index (χ3v) is 1.41. The van der Waals surface area contributed by atoms with Crippen molar-refractivity contribution < 1.29 is 4.79 Å². The zero-order chi connectivity index (χ0) is 10.1. The van der Waals surface area contributed by atoms with E-state index in [9.17, 15) is 4.79 Å². The van der Waals surface area contributed by atoms with Crippen LogP contribution in [0.1, 0.15) is 19.3 Å². The van der Waals surface area contributed by atoms with E-state index in [1.807, 2.05) is 0 Å². The molecule has 1 amide bonds. The smallest absolute Gasteiger partial charge is 0.217 e. The molecule has 0 rings (SSSR count). The lowest BCUT2D eigenvalue weighted by molar-refractivity contribution is -0.118. The Labute approximate surface area is 77.5 Å². The molecule has 6 heteroatoms. The molecule has 0 aromatic rings. The summed E-state index contributed by atoms with van der Waals surface area (Å²) in [7, 11) is 0. The van der Waals surface area contributed by atoms with Crippen LogP contribution in [0.2, 0.25) is 0 Å². The number of rotatable bonds is 7. The molecule has 0 fully saturated rings. The van der Waals surface area contributed by atoms with Crippen LogP contribution in [0.25, 0.3) is 0 Å². The summed E-state index contributed by atoms with van der Waals surface area (Å²) in [5.41, 5.74) is 18.3. The fourth-order valence-corrected chi connectivity index (χ4v) is 0.788. The maximum Gasteiger partial charge on any atom is 0.217 e. The summed E-state index contributed by atoms with van der Waals surface area (Å²) in [6.45, 7) is 0.282. The number of carbonyl (C=O) groups excluding carboxylic acids is 1. The highest BCUT2D eigenvalue weighted by Crippen LogP contribution is 1.96. The van der Waals surface area contributed by atoms with E-state index >= 15 is 0 Å². The predicted octanol–water partition coefficient (Wildman–Crippen LogP) is -1.54. The van der Waals surface area contributed by atoms with Gasteiger partial charge in [0.15, 0.2) is 0 Å². The molecule has 0 radical (unpaired) electrons. The van der Waals surface area contributed by atoms with Crippen LogP contribution in [0.3, 0.4) is 0 Å². The van der Waals surface area contributed by atoms with Crippen molar-refractivity contribution in [3.63, 3.8) is 0 Å². The maximum absolute atomic E-state index is 10.4. The highest BCUT2D eigenvalue weighted by molar-refractivity contribution is 5.73. The van der Waals surface area contributed by atoms with Crippen LogP contribution in [0.15, 0.2) is 5.10 Å². The molecule has 0 spiro atoms. The molecule has 6 nitrogen and oxygen atoms in total. The number of amides is 1. The normalized spacial score (nSPS) is 13.1. The molecule has 1 unspecified atom stereocenters. The zero-order valence-corrected chi connectivity index (χ0v) is 7.57. The monoisotopic (exact) mass is 187 g/mol. The van der Waals surface area contributed by atoms with Gasteiger partial charge in [-0.2, -0.15) is 5.10 Å². The van der Waals surface area contributed by atoms with Gasteiger partial charge in [-0.05, 0) is 12.8 Å². The van der Waals surface area contributed by atoms with E-state index in [1.54, 1.807) is 6.21 Å². The van der Waals surface area contributed by atoms with Gasteiger partial charge < -0.3 is 17.2 Å². The molecule has 0 saturated heterocycles. The minimum absolute atomic E-state index is 0.154. The van der Waals surface area contributed by atoms with Crippen LogP contribution in [-0.4, -0.2) is 24.8 Å². The summed E-state index contributed by atoms with van der Waals surface area (Å²) in [6.07, 6.45) is 3.31. The van der Waals surface area contributed by atoms with Crippen molar-refractivity contribution in [1.29, 1.82) is 0 Å². The van der Waals surface area contributed by atoms with Crippen LogP contribution in [0.5, 0.6) is 0 Å². The molecule has 0 saturated carbocycles. The number of primary amides is 1. The second kappa shape index (κ2) is 7.51. The van der Waals surface area contributed by atoms with Gasteiger partial charge in [-0.1, -0.05) is 0 Å². The number of nitrogens with two attached hydrogens (primary N) is 3. The van der Waals surface area contributed by atoms with Crippen LogP contribution in [-0.2, 0) is 4.79 Å². The Bertz CT molecular complexity index is 170. The van der Waals surface area contributed by atoms with Crippen molar-refractivity contribution in [2.24, 2.45) is 22.3 Å². The number of nitrogens with zero attached hydrogens (tertiary/aromatic N) is 1. The lowest BCUT2D eigenvalue weighted by Crippen LogP contribution is -2.25. The first-order valence-electron chi connectivity index (χ1n) is 4.16. The first kappa shape index (κ1) is 11.9. The molecule has 0 aliphatic rings. The first-order valence-corrected chi connectivity index (χ1v) is 4.16. The first-order chi connectivity index (χ1) is 6.16. The van der Waals surface area contributed by atoms with Gasteiger partial charge in [-0.3, -0.25) is 10.2 Å². The van der Waals surface area contributed by atoms with E-state index in [0.29, 0.717) is 19.3 Å². The quantitative estimate of drug-likeness (QED) is 0.219. The number of hydrogen-bond acceptors (Lipinski definition) is 5.